The summed E-state index contributed by atoms with van der Waals surface area (Å²) in [5.74, 6) is -0.704. The molecule has 1 saturated heterocycles. The van der Waals surface area contributed by atoms with Crippen LogP contribution in [0.15, 0.2) is 22.7 Å². The van der Waals surface area contributed by atoms with E-state index in [9.17, 15) is 9.59 Å². The standard InChI is InChI=1S/C10H10BrN3O3/c11-6-3-5(1-2-7(6)12)9(15)13-8-4-17-14-10(8)16/h1-3,8H,4,12H2,(H,13,15)(H,14,16)/t8-/m1/s1. The molecule has 2 amide bonds. The topological polar surface area (TPSA) is 93.5 Å². The van der Waals surface area contributed by atoms with Crippen LogP contribution in [0.4, 0.5) is 5.69 Å². The van der Waals surface area contributed by atoms with E-state index in [-0.39, 0.29) is 18.4 Å². The maximum atomic E-state index is 11.8. The van der Waals surface area contributed by atoms with Gasteiger partial charge in [-0.05, 0) is 34.1 Å². The molecule has 1 aliphatic rings. The van der Waals surface area contributed by atoms with Crippen molar-refractivity contribution in [2.75, 3.05) is 12.3 Å². The van der Waals surface area contributed by atoms with Crippen LogP contribution in [0.5, 0.6) is 0 Å². The summed E-state index contributed by atoms with van der Waals surface area (Å²) >= 11 is 3.23. The number of nitrogen functional groups attached to an aromatic ring is 1. The van der Waals surface area contributed by atoms with Gasteiger partial charge in [0.2, 0.25) is 0 Å². The fourth-order valence-corrected chi connectivity index (χ4v) is 1.74. The van der Waals surface area contributed by atoms with Gasteiger partial charge in [0.15, 0.2) is 0 Å². The molecule has 1 fully saturated rings. The van der Waals surface area contributed by atoms with Crippen molar-refractivity contribution in [3.05, 3.63) is 28.2 Å². The highest BCUT2D eigenvalue weighted by Crippen LogP contribution is 2.20. The molecule has 0 unspecified atom stereocenters. The van der Waals surface area contributed by atoms with Gasteiger partial charge >= 0.3 is 0 Å². The van der Waals surface area contributed by atoms with Crippen LogP contribution in [0.3, 0.4) is 0 Å². The molecule has 0 radical (unpaired) electrons. The van der Waals surface area contributed by atoms with Crippen molar-refractivity contribution in [2.45, 2.75) is 6.04 Å². The van der Waals surface area contributed by atoms with Gasteiger partial charge in [-0.15, -0.1) is 0 Å². The third-order valence-electron chi connectivity index (χ3n) is 2.31. The van der Waals surface area contributed by atoms with E-state index in [0.717, 1.165) is 0 Å². The highest BCUT2D eigenvalue weighted by molar-refractivity contribution is 9.10. The van der Waals surface area contributed by atoms with E-state index in [2.05, 4.69) is 26.7 Å². The predicted molar refractivity (Wildman–Crippen MR) is 63.9 cm³/mol. The number of halogens is 1. The average molecular weight is 300 g/mol. The summed E-state index contributed by atoms with van der Waals surface area (Å²) in [5.41, 5.74) is 8.74. The minimum atomic E-state index is -0.654. The monoisotopic (exact) mass is 299 g/mol. The van der Waals surface area contributed by atoms with E-state index >= 15 is 0 Å². The summed E-state index contributed by atoms with van der Waals surface area (Å²) < 4.78 is 0.636. The minimum absolute atomic E-state index is 0.126. The van der Waals surface area contributed by atoms with Crippen molar-refractivity contribution in [3.63, 3.8) is 0 Å². The lowest BCUT2D eigenvalue weighted by molar-refractivity contribution is -0.125. The third kappa shape index (κ3) is 2.56. The van der Waals surface area contributed by atoms with Gasteiger partial charge in [-0.3, -0.25) is 14.4 Å². The molecule has 1 heterocycles. The molecular weight excluding hydrogens is 290 g/mol. The van der Waals surface area contributed by atoms with Crippen LogP contribution in [0.25, 0.3) is 0 Å². The van der Waals surface area contributed by atoms with E-state index in [1.165, 1.54) is 0 Å². The lowest BCUT2D eigenvalue weighted by Gasteiger charge is -2.09. The maximum Gasteiger partial charge on any atom is 0.268 e. The van der Waals surface area contributed by atoms with E-state index < -0.39 is 6.04 Å². The number of hydrogen-bond donors (Lipinski definition) is 3. The summed E-state index contributed by atoms with van der Waals surface area (Å²) in [6.07, 6.45) is 0. The Hall–Kier alpha value is -1.60. The Morgan fingerprint density at radius 2 is 2.35 bits per heavy atom. The van der Waals surface area contributed by atoms with Crippen molar-refractivity contribution in [3.8, 4) is 0 Å². The SMILES string of the molecule is Nc1ccc(C(=O)N[C@@H]2CONC2=O)cc1Br. The first-order chi connectivity index (χ1) is 8.08. The zero-order chi connectivity index (χ0) is 12.4. The summed E-state index contributed by atoms with van der Waals surface area (Å²) in [5, 5.41) is 2.55. The van der Waals surface area contributed by atoms with Gasteiger partial charge in [0.25, 0.3) is 11.8 Å². The quantitative estimate of drug-likeness (QED) is 0.680. The van der Waals surface area contributed by atoms with Crippen LogP contribution in [-0.4, -0.2) is 24.5 Å². The molecular formula is C10H10BrN3O3. The zero-order valence-electron chi connectivity index (χ0n) is 8.70. The molecule has 1 aromatic rings. The maximum absolute atomic E-state index is 11.8. The molecule has 17 heavy (non-hydrogen) atoms. The molecule has 2 rings (SSSR count). The Morgan fingerprint density at radius 3 is 2.94 bits per heavy atom. The smallest absolute Gasteiger partial charge is 0.268 e. The number of amides is 2. The van der Waals surface area contributed by atoms with Crippen LogP contribution in [0.1, 0.15) is 10.4 Å². The molecule has 7 heteroatoms. The van der Waals surface area contributed by atoms with Gasteiger partial charge in [-0.25, -0.2) is 5.48 Å². The first kappa shape index (κ1) is 11.9. The summed E-state index contributed by atoms with van der Waals surface area (Å²) in [7, 11) is 0. The molecule has 0 saturated carbocycles. The number of nitrogens with two attached hydrogens (primary N) is 1. The van der Waals surface area contributed by atoms with E-state index in [4.69, 9.17) is 10.6 Å². The van der Waals surface area contributed by atoms with E-state index in [1.54, 1.807) is 18.2 Å². The summed E-state index contributed by atoms with van der Waals surface area (Å²) in [6.45, 7) is 0.126. The molecule has 0 bridgehead atoms. The van der Waals surface area contributed by atoms with Gasteiger partial charge in [0, 0.05) is 15.7 Å². The molecule has 1 atom stereocenters. The Balaban J connectivity index is 2.09. The number of anilines is 1. The largest absolute Gasteiger partial charge is 0.398 e. The number of benzene rings is 1. The molecule has 90 valence electrons. The molecule has 1 aromatic carbocycles. The normalized spacial score (nSPS) is 18.9. The summed E-state index contributed by atoms with van der Waals surface area (Å²) in [4.78, 5) is 27.7. The Labute approximate surface area is 106 Å². The Kier molecular flexibility index (Phi) is 3.30. The van der Waals surface area contributed by atoms with Crippen molar-refractivity contribution in [2.24, 2.45) is 0 Å². The van der Waals surface area contributed by atoms with Gasteiger partial charge < -0.3 is 11.1 Å². The minimum Gasteiger partial charge on any atom is -0.398 e. The summed E-state index contributed by atoms with van der Waals surface area (Å²) in [6, 6.07) is 4.14. The number of hydroxylamine groups is 1. The highest BCUT2D eigenvalue weighted by atomic mass is 79.9. The highest BCUT2D eigenvalue weighted by Gasteiger charge is 2.27. The van der Waals surface area contributed by atoms with Crippen LogP contribution >= 0.6 is 15.9 Å². The van der Waals surface area contributed by atoms with Crippen molar-refractivity contribution >= 4 is 33.4 Å². The fraction of sp³-hybridized carbons (Fsp3) is 0.200. The second-order valence-electron chi connectivity index (χ2n) is 3.54. The molecule has 6 nitrogen and oxygen atoms in total. The van der Waals surface area contributed by atoms with Crippen molar-refractivity contribution in [1.29, 1.82) is 0 Å². The lowest BCUT2D eigenvalue weighted by atomic mass is 10.2. The average Bonchev–Trinajstić information content (AvgIpc) is 2.68. The number of hydrogen-bond acceptors (Lipinski definition) is 4. The van der Waals surface area contributed by atoms with Gasteiger partial charge in [-0.2, -0.15) is 0 Å². The van der Waals surface area contributed by atoms with E-state index in [0.29, 0.717) is 15.7 Å². The molecule has 0 aliphatic carbocycles. The Morgan fingerprint density at radius 1 is 1.59 bits per heavy atom. The number of carbonyl (C=O) groups is 2. The molecule has 1 aliphatic heterocycles. The van der Waals surface area contributed by atoms with Crippen LogP contribution in [0, 0.1) is 0 Å². The first-order valence-corrected chi connectivity index (χ1v) is 5.65. The number of carbonyl (C=O) groups excluding carboxylic acids is 2. The Bertz CT molecular complexity index is 478. The lowest BCUT2D eigenvalue weighted by Crippen LogP contribution is -2.41. The molecule has 4 N–H and O–H groups in total. The van der Waals surface area contributed by atoms with Gasteiger partial charge in [0.1, 0.15) is 12.6 Å². The van der Waals surface area contributed by atoms with Crippen molar-refractivity contribution in [1.82, 2.24) is 10.8 Å². The fourth-order valence-electron chi connectivity index (χ4n) is 1.36. The van der Waals surface area contributed by atoms with Gasteiger partial charge in [0.05, 0.1) is 0 Å². The van der Waals surface area contributed by atoms with Gasteiger partial charge in [-0.1, -0.05) is 0 Å². The predicted octanol–water partition coefficient (Wildman–Crippen LogP) is 0.191. The van der Waals surface area contributed by atoms with E-state index in [1.807, 2.05) is 0 Å². The number of rotatable bonds is 2. The number of nitrogens with one attached hydrogen (secondary N) is 2. The zero-order valence-corrected chi connectivity index (χ0v) is 10.3. The van der Waals surface area contributed by atoms with Crippen molar-refractivity contribution < 1.29 is 14.4 Å². The molecule has 0 spiro atoms. The second-order valence-corrected chi connectivity index (χ2v) is 4.39. The molecule has 0 aromatic heterocycles. The van der Waals surface area contributed by atoms with Crippen LogP contribution in [-0.2, 0) is 9.63 Å². The second kappa shape index (κ2) is 4.72. The van der Waals surface area contributed by atoms with Crippen LogP contribution < -0.4 is 16.5 Å². The first-order valence-electron chi connectivity index (χ1n) is 4.85. The third-order valence-corrected chi connectivity index (χ3v) is 2.99. The van der Waals surface area contributed by atoms with Crippen LogP contribution in [0.2, 0.25) is 0 Å².